The Morgan fingerprint density at radius 2 is 1.88 bits per heavy atom. The number of unbranched alkanes of at least 4 members (excludes halogenated alkanes) is 1. The molecular formula is C25H31N3O4. The Bertz CT molecular complexity index is 932. The Kier molecular flexibility index (Phi) is 6.34. The molecule has 2 aliphatic heterocycles. The van der Waals surface area contributed by atoms with Gasteiger partial charge in [0.1, 0.15) is 5.54 Å². The Labute approximate surface area is 188 Å². The summed E-state index contributed by atoms with van der Waals surface area (Å²) in [4.78, 5) is 41.0. The summed E-state index contributed by atoms with van der Waals surface area (Å²) in [6, 6.07) is 8.37. The van der Waals surface area contributed by atoms with Gasteiger partial charge in [0.05, 0.1) is 23.5 Å². The molecule has 4 unspecified atom stereocenters. The van der Waals surface area contributed by atoms with Crippen LogP contribution in [0.3, 0.4) is 0 Å². The van der Waals surface area contributed by atoms with Crippen molar-refractivity contribution in [3.05, 3.63) is 35.4 Å². The fourth-order valence-corrected chi connectivity index (χ4v) is 5.97. The van der Waals surface area contributed by atoms with Gasteiger partial charge in [-0.1, -0.05) is 57.6 Å². The molecule has 4 rings (SSSR count). The number of fused-ring (bicyclic) bond motifs is 1. The smallest absolute Gasteiger partial charge is 0.324 e. The molecule has 4 atom stereocenters. The van der Waals surface area contributed by atoms with Gasteiger partial charge in [-0.15, -0.1) is 0 Å². The molecule has 2 N–H and O–H groups in total. The van der Waals surface area contributed by atoms with Crippen LogP contribution in [0.5, 0.6) is 0 Å². The van der Waals surface area contributed by atoms with Crippen molar-refractivity contribution in [2.24, 2.45) is 17.8 Å². The highest BCUT2D eigenvalue weighted by Gasteiger charge is 2.68. The van der Waals surface area contributed by atoms with Crippen LogP contribution < -0.4 is 5.32 Å². The van der Waals surface area contributed by atoms with E-state index in [1.807, 2.05) is 6.92 Å². The second kappa shape index (κ2) is 9.03. The summed E-state index contributed by atoms with van der Waals surface area (Å²) in [7, 11) is 0. The van der Waals surface area contributed by atoms with E-state index >= 15 is 0 Å². The Hall–Kier alpha value is -2.72. The van der Waals surface area contributed by atoms with E-state index in [9.17, 15) is 19.5 Å². The fraction of sp³-hybridized carbons (Fsp3) is 0.600. The lowest BCUT2D eigenvalue weighted by atomic mass is 9.72. The number of benzene rings is 1. The maximum atomic E-state index is 13.5. The first-order valence-corrected chi connectivity index (χ1v) is 11.8. The van der Waals surface area contributed by atoms with Crippen molar-refractivity contribution in [1.82, 2.24) is 10.2 Å². The van der Waals surface area contributed by atoms with Crippen LogP contribution >= 0.6 is 0 Å². The molecule has 1 aliphatic carbocycles. The van der Waals surface area contributed by atoms with Gasteiger partial charge in [0.25, 0.3) is 0 Å². The Morgan fingerprint density at radius 1 is 1.19 bits per heavy atom. The first kappa shape index (κ1) is 22.5. The lowest BCUT2D eigenvalue weighted by Gasteiger charge is -2.35. The topological polar surface area (TPSA) is 110 Å². The van der Waals surface area contributed by atoms with Crippen molar-refractivity contribution in [2.45, 2.75) is 69.9 Å². The second-order valence-corrected chi connectivity index (χ2v) is 9.53. The number of nitriles is 1. The van der Waals surface area contributed by atoms with Crippen LogP contribution in [0.25, 0.3) is 0 Å². The number of hydrogen-bond donors (Lipinski definition) is 2. The standard InChI is InChI=1S/C25H31N3O4/c1-2-3-13-28-22(29)19-20(23(28)30)25(24(31)32,14-16-7-5-4-6-8-16)27-21(19)18-11-9-17(15-26)10-12-18/h9-12,16,19-21,27H,2-8,13-14H2,1H3,(H,31,32). The number of aliphatic carboxylic acids is 1. The number of imide groups is 1. The van der Waals surface area contributed by atoms with E-state index in [0.717, 1.165) is 44.1 Å². The minimum Gasteiger partial charge on any atom is -0.480 e. The normalized spacial score (nSPS) is 30.4. The first-order chi connectivity index (χ1) is 15.4. The van der Waals surface area contributed by atoms with Crippen LogP contribution in [0, 0.1) is 29.1 Å². The highest BCUT2D eigenvalue weighted by atomic mass is 16.4. The monoisotopic (exact) mass is 437 g/mol. The van der Waals surface area contributed by atoms with Crippen LogP contribution in [0.2, 0.25) is 0 Å². The zero-order valence-electron chi connectivity index (χ0n) is 18.5. The number of carboxylic acid groups (broad SMARTS) is 1. The molecule has 0 radical (unpaired) electrons. The molecule has 1 saturated carbocycles. The van der Waals surface area contributed by atoms with E-state index in [0.29, 0.717) is 24.9 Å². The third-order valence-electron chi connectivity index (χ3n) is 7.60. The first-order valence-electron chi connectivity index (χ1n) is 11.8. The van der Waals surface area contributed by atoms with Crippen LogP contribution in [0.1, 0.15) is 75.5 Å². The summed E-state index contributed by atoms with van der Waals surface area (Å²) >= 11 is 0. The van der Waals surface area contributed by atoms with E-state index in [-0.39, 0.29) is 17.7 Å². The maximum absolute atomic E-state index is 13.5. The molecular weight excluding hydrogens is 406 g/mol. The molecule has 0 spiro atoms. The predicted octanol–water partition coefficient (Wildman–Crippen LogP) is 3.40. The highest BCUT2D eigenvalue weighted by molar-refractivity contribution is 6.09. The van der Waals surface area contributed by atoms with Crippen molar-refractivity contribution < 1.29 is 19.5 Å². The average molecular weight is 438 g/mol. The summed E-state index contributed by atoms with van der Waals surface area (Å²) in [6.45, 7) is 2.33. The van der Waals surface area contributed by atoms with E-state index in [2.05, 4.69) is 11.4 Å². The van der Waals surface area contributed by atoms with Gasteiger partial charge in [0.2, 0.25) is 11.8 Å². The van der Waals surface area contributed by atoms with Crippen molar-refractivity contribution >= 4 is 17.8 Å². The van der Waals surface area contributed by atoms with Gasteiger partial charge in [0.15, 0.2) is 0 Å². The largest absolute Gasteiger partial charge is 0.480 e. The van der Waals surface area contributed by atoms with Gasteiger partial charge >= 0.3 is 5.97 Å². The molecule has 1 aromatic rings. The number of carbonyl (C=O) groups is 3. The number of amides is 2. The van der Waals surface area contributed by atoms with Crippen molar-refractivity contribution in [1.29, 1.82) is 5.26 Å². The molecule has 3 aliphatic rings. The highest BCUT2D eigenvalue weighted by Crippen LogP contribution is 2.52. The van der Waals surface area contributed by atoms with Gasteiger partial charge in [-0.05, 0) is 36.5 Å². The summed E-state index contributed by atoms with van der Waals surface area (Å²) in [5.41, 5.74) is -0.225. The van der Waals surface area contributed by atoms with Crippen molar-refractivity contribution in [3.63, 3.8) is 0 Å². The van der Waals surface area contributed by atoms with E-state index in [4.69, 9.17) is 5.26 Å². The number of rotatable bonds is 7. The Balaban J connectivity index is 1.75. The summed E-state index contributed by atoms with van der Waals surface area (Å²) < 4.78 is 0. The lowest BCUT2D eigenvalue weighted by Crippen LogP contribution is -2.56. The minimum absolute atomic E-state index is 0.223. The molecule has 2 heterocycles. The minimum atomic E-state index is -1.46. The van der Waals surface area contributed by atoms with Crippen LogP contribution in [0.15, 0.2) is 24.3 Å². The van der Waals surface area contributed by atoms with E-state index in [1.165, 1.54) is 4.90 Å². The number of carboxylic acids is 1. The molecule has 2 saturated heterocycles. The van der Waals surface area contributed by atoms with Gasteiger partial charge in [-0.25, -0.2) is 0 Å². The molecule has 0 aromatic heterocycles. The van der Waals surface area contributed by atoms with Crippen LogP contribution in [-0.4, -0.2) is 39.9 Å². The summed E-state index contributed by atoms with van der Waals surface area (Å²) in [5.74, 6) is -3.11. The lowest BCUT2D eigenvalue weighted by molar-refractivity contribution is -0.152. The van der Waals surface area contributed by atoms with Crippen LogP contribution in [0.4, 0.5) is 0 Å². The SMILES string of the molecule is CCCCN1C(=O)C2C(c3ccc(C#N)cc3)NC(CC3CCCCC3)(C(=O)O)C2C1=O. The molecule has 2 amide bonds. The maximum Gasteiger partial charge on any atom is 0.324 e. The van der Waals surface area contributed by atoms with Gasteiger partial charge in [-0.3, -0.25) is 24.6 Å². The average Bonchev–Trinajstić information content (AvgIpc) is 3.27. The molecule has 3 fully saturated rings. The summed E-state index contributed by atoms with van der Waals surface area (Å²) in [5, 5.41) is 22.9. The van der Waals surface area contributed by atoms with E-state index in [1.54, 1.807) is 24.3 Å². The number of nitrogens with one attached hydrogen (secondary N) is 1. The molecule has 7 nitrogen and oxygen atoms in total. The van der Waals surface area contributed by atoms with Crippen molar-refractivity contribution in [2.75, 3.05) is 6.54 Å². The molecule has 7 heteroatoms. The number of nitrogens with zero attached hydrogens (tertiary/aromatic N) is 2. The van der Waals surface area contributed by atoms with E-state index < -0.39 is 29.4 Å². The number of hydrogen-bond acceptors (Lipinski definition) is 5. The molecule has 1 aromatic carbocycles. The zero-order chi connectivity index (χ0) is 22.9. The number of carbonyl (C=O) groups excluding carboxylic acids is 2. The van der Waals surface area contributed by atoms with Crippen molar-refractivity contribution in [3.8, 4) is 6.07 Å². The van der Waals surface area contributed by atoms with Gasteiger partial charge in [0, 0.05) is 12.6 Å². The van der Waals surface area contributed by atoms with Gasteiger partial charge in [-0.2, -0.15) is 5.26 Å². The quantitative estimate of drug-likeness (QED) is 0.633. The second-order valence-electron chi connectivity index (χ2n) is 9.53. The predicted molar refractivity (Wildman–Crippen MR) is 117 cm³/mol. The molecule has 170 valence electrons. The third-order valence-corrected chi connectivity index (χ3v) is 7.60. The zero-order valence-corrected chi connectivity index (χ0v) is 18.5. The van der Waals surface area contributed by atoms with Gasteiger partial charge < -0.3 is 5.11 Å². The molecule has 32 heavy (non-hydrogen) atoms. The molecule has 0 bridgehead atoms. The summed E-state index contributed by atoms with van der Waals surface area (Å²) in [6.07, 6.45) is 7.12. The Morgan fingerprint density at radius 3 is 2.47 bits per heavy atom. The van der Waals surface area contributed by atoms with Crippen LogP contribution in [-0.2, 0) is 14.4 Å². The third kappa shape index (κ3) is 3.71. The fourth-order valence-electron chi connectivity index (χ4n) is 5.97. The number of likely N-dealkylation sites (tertiary alicyclic amines) is 1.